The highest BCUT2D eigenvalue weighted by Crippen LogP contribution is 2.41. The van der Waals surface area contributed by atoms with Gasteiger partial charge in [-0.3, -0.25) is 0 Å². The van der Waals surface area contributed by atoms with Gasteiger partial charge in [-0.15, -0.1) is 11.3 Å². The molecule has 0 aliphatic rings. The summed E-state index contributed by atoms with van der Waals surface area (Å²) in [5.41, 5.74) is 11.7. The number of hydrogen-bond acceptors (Lipinski definition) is 2. The highest BCUT2D eigenvalue weighted by atomic mass is 32.1. The number of nitrogens with zero attached hydrogens (tertiary/aromatic N) is 2. The van der Waals surface area contributed by atoms with Crippen LogP contribution in [0.4, 0.5) is 17.1 Å². The van der Waals surface area contributed by atoms with E-state index in [4.69, 9.17) is 0 Å². The molecule has 2 heterocycles. The zero-order valence-corrected chi connectivity index (χ0v) is 28.6. The van der Waals surface area contributed by atoms with Crippen LogP contribution in [-0.4, -0.2) is 4.57 Å². The topological polar surface area (TPSA) is 8.17 Å². The van der Waals surface area contributed by atoms with Crippen LogP contribution in [0.1, 0.15) is 0 Å². The molecule has 0 spiro atoms. The van der Waals surface area contributed by atoms with Crippen molar-refractivity contribution >= 4 is 70.4 Å². The van der Waals surface area contributed by atoms with Crippen molar-refractivity contribution in [2.24, 2.45) is 0 Å². The molecule has 2 nitrogen and oxygen atoms in total. The number of rotatable bonds is 6. The molecule has 0 saturated heterocycles. The lowest BCUT2D eigenvalue weighted by molar-refractivity contribution is 1.18. The Morgan fingerprint density at radius 2 is 0.922 bits per heavy atom. The monoisotopic (exact) mass is 668 g/mol. The molecule has 2 aromatic heterocycles. The lowest BCUT2D eigenvalue weighted by atomic mass is 9.99. The molecular formula is C48H32N2S. The van der Waals surface area contributed by atoms with Crippen LogP contribution in [0.3, 0.4) is 0 Å². The smallest absolute Gasteiger partial charge is 0.0561 e. The van der Waals surface area contributed by atoms with Gasteiger partial charge in [0.1, 0.15) is 0 Å². The van der Waals surface area contributed by atoms with Gasteiger partial charge in [-0.05, 0) is 95.1 Å². The van der Waals surface area contributed by atoms with E-state index in [1.165, 1.54) is 69.9 Å². The lowest BCUT2D eigenvalue weighted by Crippen LogP contribution is -2.10. The molecule has 8 aromatic carbocycles. The van der Waals surface area contributed by atoms with Crippen LogP contribution in [0.5, 0.6) is 0 Å². The molecule has 0 bridgehead atoms. The van der Waals surface area contributed by atoms with Crippen molar-refractivity contribution in [1.82, 2.24) is 4.57 Å². The summed E-state index contributed by atoms with van der Waals surface area (Å²) in [5, 5.41) is 5.11. The first-order valence-corrected chi connectivity index (χ1v) is 18.2. The van der Waals surface area contributed by atoms with Crippen molar-refractivity contribution in [3.05, 3.63) is 194 Å². The van der Waals surface area contributed by atoms with Crippen LogP contribution in [0.25, 0.3) is 69.9 Å². The third-order valence-corrected chi connectivity index (χ3v) is 11.1. The first-order chi connectivity index (χ1) is 25.3. The predicted octanol–water partition coefficient (Wildman–Crippen LogP) is 14.0. The van der Waals surface area contributed by atoms with Crippen molar-refractivity contribution in [3.63, 3.8) is 0 Å². The zero-order chi connectivity index (χ0) is 33.7. The number of anilines is 3. The molecule has 0 amide bonds. The Morgan fingerprint density at radius 1 is 0.333 bits per heavy atom. The van der Waals surface area contributed by atoms with Gasteiger partial charge in [0.25, 0.3) is 0 Å². The first-order valence-electron chi connectivity index (χ1n) is 17.3. The van der Waals surface area contributed by atoms with E-state index in [1.54, 1.807) is 0 Å². The van der Waals surface area contributed by atoms with Crippen LogP contribution in [0.15, 0.2) is 194 Å². The second-order valence-electron chi connectivity index (χ2n) is 13.0. The van der Waals surface area contributed by atoms with Gasteiger partial charge < -0.3 is 9.47 Å². The lowest BCUT2D eigenvalue weighted by Gasteiger charge is -2.26. The second-order valence-corrected chi connectivity index (χ2v) is 14.1. The van der Waals surface area contributed by atoms with Gasteiger partial charge in [0.2, 0.25) is 0 Å². The van der Waals surface area contributed by atoms with Gasteiger partial charge >= 0.3 is 0 Å². The van der Waals surface area contributed by atoms with Crippen LogP contribution in [0, 0.1) is 0 Å². The quantitative estimate of drug-likeness (QED) is 0.171. The summed E-state index contributed by atoms with van der Waals surface area (Å²) in [6.07, 6.45) is 0. The van der Waals surface area contributed by atoms with E-state index in [1.807, 2.05) is 11.3 Å². The first kappa shape index (κ1) is 29.5. The van der Waals surface area contributed by atoms with E-state index in [0.717, 1.165) is 17.1 Å². The van der Waals surface area contributed by atoms with Crippen molar-refractivity contribution in [3.8, 4) is 27.9 Å². The van der Waals surface area contributed by atoms with Crippen LogP contribution in [-0.2, 0) is 0 Å². The molecule has 0 saturated carbocycles. The maximum Gasteiger partial charge on any atom is 0.0561 e. The van der Waals surface area contributed by atoms with Crippen molar-refractivity contribution in [2.75, 3.05) is 4.90 Å². The molecule has 0 aliphatic heterocycles. The highest BCUT2D eigenvalue weighted by molar-refractivity contribution is 7.25. The molecule has 3 heteroatoms. The van der Waals surface area contributed by atoms with E-state index >= 15 is 0 Å². The molecule has 10 rings (SSSR count). The fourth-order valence-electron chi connectivity index (χ4n) is 7.57. The molecule has 0 radical (unpaired) electrons. The summed E-state index contributed by atoms with van der Waals surface area (Å²) in [5.74, 6) is 0. The Kier molecular flexibility index (Phi) is 7.04. The normalized spacial score (nSPS) is 11.5. The fraction of sp³-hybridized carbons (Fsp3) is 0. The molecule has 0 atom stereocenters. The molecule has 0 aliphatic carbocycles. The number of benzene rings is 8. The summed E-state index contributed by atoms with van der Waals surface area (Å²) in [4.78, 5) is 2.36. The predicted molar refractivity (Wildman–Crippen MR) is 219 cm³/mol. The standard InChI is InChI=1S/C48H32N2S/c1-3-12-33(13-4-1)35-14-11-15-36(30-35)34-22-24-38(25-23-34)49(37-16-5-2-6-17-37)40-26-28-42-41-18-7-9-20-45(41)50(46(42)32-40)39-27-29-48-44(31-39)43-19-8-10-21-47(43)51-48/h1-32H. The van der Waals surface area contributed by atoms with Gasteiger partial charge in [-0.25, -0.2) is 0 Å². The second kappa shape index (κ2) is 12.2. The SMILES string of the molecule is c1ccc(-c2cccc(-c3ccc(N(c4ccccc4)c4ccc5c6ccccc6n(-c6ccc7sc8ccccc8c7c6)c5c4)cc3)c2)cc1. The number of para-hydroxylation sites is 2. The van der Waals surface area contributed by atoms with Crippen molar-refractivity contribution in [2.45, 2.75) is 0 Å². The van der Waals surface area contributed by atoms with Crippen molar-refractivity contribution < 1.29 is 0 Å². The highest BCUT2D eigenvalue weighted by Gasteiger charge is 2.18. The zero-order valence-electron chi connectivity index (χ0n) is 27.8. The van der Waals surface area contributed by atoms with E-state index in [-0.39, 0.29) is 0 Å². The number of thiophene rings is 1. The van der Waals surface area contributed by atoms with E-state index < -0.39 is 0 Å². The molecule has 240 valence electrons. The summed E-state index contributed by atoms with van der Waals surface area (Å²) in [7, 11) is 0. The summed E-state index contributed by atoms with van der Waals surface area (Å²) < 4.78 is 5.07. The summed E-state index contributed by atoms with van der Waals surface area (Å²) in [6.45, 7) is 0. The molecule has 0 fully saturated rings. The Morgan fingerprint density at radius 3 is 1.73 bits per heavy atom. The van der Waals surface area contributed by atoms with Gasteiger partial charge in [0, 0.05) is 53.7 Å². The third kappa shape index (κ3) is 5.10. The number of fused-ring (bicyclic) bond motifs is 6. The van der Waals surface area contributed by atoms with Crippen molar-refractivity contribution in [1.29, 1.82) is 0 Å². The molecule has 51 heavy (non-hydrogen) atoms. The van der Waals surface area contributed by atoms with Gasteiger partial charge in [0.05, 0.1) is 11.0 Å². The Bertz CT molecular complexity index is 2850. The maximum absolute atomic E-state index is 2.44. The fourth-order valence-corrected chi connectivity index (χ4v) is 8.65. The van der Waals surface area contributed by atoms with Crippen LogP contribution >= 0.6 is 11.3 Å². The van der Waals surface area contributed by atoms with E-state index in [2.05, 4.69) is 204 Å². The van der Waals surface area contributed by atoms with Gasteiger partial charge in [-0.2, -0.15) is 0 Å². The molecule has 0 N–H and O–H groups in total. The molecule has 10 aromatic rings. The summed E-state index contributed by atoms with van der Waals surface area (Å²) in [6, 6.07) is 70.4. The van der Waals surface area contributed by atoms with E-state index in [9.17, 15) is 0 Å². The summed E-state index contributed by atoms with van der Waals surface area (Å²) >= 11 is 1.86. The average molecular weight is 669 g/mol. The third-order valence-electron chi connectivity index (χ3n) is 9.98. The Balaban J connectivity index is 1.11. The van der Waals surface area contributed by atoms with Gasteiger partial charge in [-0.1, -0.05) is 121 Å². The van der Waals surface area contributed by atoms with Crippen LogP contribution < -0.4 is 4.90 Å². The molecule has 0 unspecified atom stereocenters. The minimum atomic E-state index is 1.11. The largest absolute Gasteiger partial charge is 0.310 e. The maximum atomic E-state index is 2.44. The Hall–Kier alpha value is -6.42. The number of hydrogen-bond donors (Lipinski definition) is 0. The van der Waals surface area contributed by atoms with E-state index in [0.29, 0.717) is 0 Å². The minimum Gasteiger partial charge on any atom is -0.310 e. The van der Waals surface area contributed by atoms with Crippen LogP contribution in [0.2, 0.25) is 0 Å². The average Bonchev–Trinajstić information content (AvgIpc) is 3.74. The molecular weight excluding hydrogens is 637 g/mol. The number of aromatic nitrogens is 1. The minimum absolute atomic E-state index is 1.11. The van der Waals surface area contributed by atoms with Gasteiger partial charge in [0.15, 0.2) is 0 Å². The Labute approximate surface area is 300 Å².